The van der Waals surface area contributed by atoms with E-state index in [4.69, 9.17) is 5.73 Å². The summed E-state index contributed by atoms with van der Waals surface area (Å²) in [5.41, 5.74) is 8.99. The Balaban J connectivity index is 1.67. The molecule has 2 N–H and O–H groups in total. The summed E-state index contributed by atoms with van der Waals surface area (Å²) < 4.78 is 0. The zero-order chi connectivity index (χ0) is 15.1. The summed E-state index contributed by atoms with van der Waals surface area (Å²) in [6, 6.07) is 10.9. The fourth-order valence-corrected chi connectivity index (χ4v) is 4.37. The van der Waals surface area contributed by atoms with Gasteiger partial charge in [0.25, 0.3) is 0 Å². The molecule has 5 rings (SSSR count). The van der Waals surface area contributed by atoms with Crippen LogP contribution in [0, 0.1) is 11.8 Å². The van der Waals surface area contributed by atoms with Crippen molar-refractivity contribution in [1.82, 2.24) is 9.88 Å². The maximum Gasteiger partial charge on any atom is 0.0705 e. The van der Waals surface area contributed by atoms with Crippen molar-refractivity contribution >= 4 is 10.9 Å². The number of hydrogen-bond acceptors (Lipinski definition) is 3. The first-order valence-electron chi connectivity index (χ1n) is 8.24. The van der Waals surface area contributed by atoms with Gasteiger partial charge in [-0.25, -0.2) is 0 Å². The second kappa shape index (κ2) is 5.49. The van der Waals surface area contributed by atoms with E-state index in [-0.39, 0.29) is 6.04 Å². The van der Waals surface area contributed by atoms with Crippen molar-refractivity contribution < 1.29 is 0 Å². The van der Waals surface area contributed by atoms with Gasteiger partial charge in [0.15, 0.2) is 0 Å². The third-order valence-corrected chi connectivity index (χ3v) is 5.61. The third kappa shape index (κ3) is 2.16. The van der Waals surface area contributed by atoms with Gasteiger partial charge in [0.2, 0.25) is 0 Å². The van der Waals surface area contributed by atoms with Crippen LogP contribution in [0.3, 0.4) is 0 Å². The topological polar surface area (TPSA) is 42.1 Å². The molecular weight excluding hydrogens is 270 g/mol. The van der Waals surface area contributed by atoms with Crippen molar-refractivity contribution in [2.24, 2.45) is 17.6 Å². The molecule has 2 unspecified atom stereocenters. The Morgan fingerprint density at radius 3 is 2.95 bits per heavy atom. The van der Waals surface area contributed by atoms with Crippen LogP contribution in [-0.4, -0.2) is 29.0 Å². The van der Waals surface area contributed by atoms with Crippen LogP contribution in [0.4, 0.5) is 0 Å². The fraction of sp³-hybridized carbons (Fsp3) is 0.421. The Morgan fingerprint density at radius 2 is 2.18 bits per heavy atom. The van der Waals surface area contributed by atoms with Crippen molar-refractivity contribution in [3.05, 3.63) is 54.7 Å². The second-order valence-corrected chi connectivity index (χ2v) is 6.69. The van der Waals surface area contributed by atoms with E-state index in [1.807, 2.05) is 12.3 Å². The van der Waals surface area contributed by atoms with Gasteiger partial charge in [0, 0.05) is 30.2 Å². The molecule has 3 saturated heterocycles. The molecule has 3 fully saturated rings. The summed E-state index contributed by atoms with van der Waals surface area (Å²) in [7, 11) is 0. The predicted molar refractivity (Wildman–Crippen MR) is 90.4 cm³/mol. The molecule has 114 valence electrons. The first-order valence-corrected chi connectivity index (χ1v) is 8.24. The summed E-state index contributed by atoms with van der Waals surface area (Å²) in [6.45, 7) is 6.30. The molecule has 1 aromatic carbocycles. The van der Waals surface area contributed by atoms with E-state index >= 15 is 0 Å². The fourth-order valence-electron chi connectivity index (χ4n) is 4.37. The van der Waals surface area contributed by atoms with Gasteiger partial charge in [-0.1, -0.05) is 24.3 Å². The lowest BCUT2D eigenvalue weighted by molar-refractivity contribution is 0.00749. The number of hydrogen-bond donors (Lipinski definition) is 1. The van der Waals surface area contributed by atoms with Gasteiger partial charge in [-0.3, -0.25) is 9.88 Å². The summed E-state index contributed by atoms with van der Waals surface area (Å²) in [5.74, 6) is 1.40. The van der Waals surface area contributed by atoms with E-state index in [2.05, 4.69) is 46.8 Å². The molecule has 4 heterocycles. The van der Waals surface area contributed by atoms with Crippen LogP contribution in [0.2, 0.25) is 0 Å². The molecule has 0 radical (unpaired) electrons. The van der Waals surface area contributed by atoms with Crippen LogP contribution in [0.15, 0.2) is 49.2 Å². The number of para-hydroxylation sites is 1. The lowest BCUT2D eigenvalue weighted by Gasteiger charge is -2.51. The predicted octanol–water partition coefficient (Wildman–Crippen LogP) is 3.13. The van der Waals surface area contributed by atoms with E-state index in [1.165, 1.54) is 30.3 Å². The number of aromatic nitrogens is 1. The lowest BCUT2D eigenvalue weighted by Crippen LogP contribution is -2.56. The Morgan fingerprint density at radius 1 is 1.32 bits per heavy atom. The quantitative estimate of drug-likeness (QED) is 0.884. The van der Waals surface area contributed by atoms with Crippen LogP contribution in [-0.2, 0) is 0 Å². The Labute approximate surface area is 131 Å². The molecule has 0 spiro atoms. The summed E-state index contributed by atoms with van der Waals surface area (Å²) in [6.07, 6.45) is 6.51. The van der Waals surface area contributed by atoms with Crippen molar-refractivity contribution in [3.63, 3.8) is 0 Å². The molecule has 2 bridgehead atoms. The average Bonchev–Trinajstić information content (AvgIpc) is 2.60. The van der Waals surface area contributed by atoms with Crippen LogP contribution in [0.5, 0.6) is 0 Å². The number of piperidine rings is 3. The van der Waals surface area contributed by atoms with Crippen molar-refractivity contribution in [3.8, 4) is 0 Å². The highest BCUT2D eigenvalue weighted by Crippen LogP contribution is 2.41. The second-order valence-electron chi connectivity index (χ2n) is 6.69. The largest absolute Gasteiger partial charge is 0.323 e. The first kappa shape index (κ1) is 13.9. The van der Waals surface area contributed by atoms with E-state index in [0.29, 0.717) is 12.0 Å². The molecule has 3 heteroatoms. The van der Waals surface area contributed by atoms with Crippen molar-refractivity contribution in [2.75, 3.05) is 13.1 Å². The molecule has 0 saturated carbocycles. The number of nitrogens with zero attached hydrogens (tertiary/aromatic N) is 2. The number of nitrogens with two attached hydrogens (primary N) is 1. The highest BCUT2D eigenvalue weighted by molar-refractivity contribution is 5.82. The first-order chi connectivity index (χ1) is 10.8. The smallest absolute Gasteiger partial charge is 0.0705 e. The van der Waals surface area contributed by atoms with Gasteiger partial charge in [0.1, 0.15) is 0 Å². The maximum atomic E-state index is 6.71. The normalized spacial score (nSPS) is 32.0. The van der Waals surface area contributed by atoms with Crippen LogP contribution < -0.4 is 5.73 Å². The van der Waals surface area contributed by atoms with Gasteiger partial charge < -0.3 is 5.73 Å². The number of pyridine rings is 1. The standard InChI is InChI=1S/C19H23N3/c1-2-13-12-22-10-8-14(13)11-18(22)19(20)16-7-9-21-17-6-4-3-5-15(16)17/h2-7,9,13-14,18-19H,1,8,10-12,20H2/t13-,14?,18-,19-/m0/s1. The van der Waals surface area contributed by atoms with Gasteiger partial charge in [-0.05, 0) is 48.9 Å². The summed E-state index contributed by atoms with van der Waals surface area (Å²) in [4.78, 5) is 7.04. The minimum atomic E-state index is 0.0569. The number of benzene rings is 1. The number of fused-ring (bicyclic) bond motifs is 4. The highest BCUT2D eigenvalue weighted by atomic mass is 15.2. The molecule has 0 aliphatic carbocycles. The third-order valence-electron chi connectivity index (χ3n) is 5.61. The van der Waals surface area contributed by atoms with Gasteiger partial charge in [0.05, 0.1) is 5.52 Å². The number of rotatable bonds is 3. The summed E-state index contributed by atoms with van der Waals surface area (Å²) in [5, 5.41) is 1.19. The molecular formula is C19H23N3. The molecule has 22 heavy (non-hydrogen) atoms. The summed E-state index contributed by atoms with van der Waals surface area (Å²) >= 11 is 0. The van der Waals surface area contributed by atoms with E-state index in [0.717, 1.165) is 18.0 Å². The molecule has 5 atom stereocenters. The highest BCUT2D eigenvalue weighted by Gasteiger charge is 2.41. The van der Waals surface area contributed by atoms with Crippen LogP contribution >= 0.6 is 0 Å². The van der Waals surface area contributed by atoms with Crippen LogP contribution in [0.1, 0.15) is 24.4 Å². The van der Waals surface area contributed by atoms with E-state index in [9.17, 15) is 0 Å². The monoisotopic (exact) mass is 293 g/mol. The van der Waals surface area contributed by atoms with Crippen LogP contribution in [0.25, 0.3) is 10.9 Å². The van der Waals surface area contributed by atoms with Gasteiger partial charge in [-0.15, -0.1) is 6.58 Å². The van der Waals surface area contributed by atoms with E-state index in [1.54, 1.807) is 0 Å². The van der Waals surface area contributed by atoms with Crippen molar-refractivity contribution in [2.45, 2.75) is 24.9 Å². The van der Waals surface area contributed by atoms with Gasteiger partial charge in [-0.2, -0.15) is 0 Å². The molecule has 3 aliphatic heterocycles. The molecule has 3 aliphatic rings. The molecule has 1 aromatic heterocycles. The minimum absolute atomic E-state index is 0.0569. The average molecular weight is 293 g/mol. The maximum absolute atomic E-state index is 6.71. The minimum Gasteiger partial charge on any atom is -0.323 e. The van der Waals surface area contributed by atoms with Crippen molar-refractivity contribution in [1.29, 1.82) is 0 Å². The molecule has 3 nitrogen and oxygen atoms in total. The zero-order valence-electron chi connectivity index (χ0n) is 12.9. The Bertz CT molecular complexity index is 691. The Kier molecular flexibility index (Phi) is 3.47. The van der Waals surface area contributed by atoms with Gasteiger partial charge >= 0.3 is 0 Å². The lowest BCUT2D eigenvalue weighted by atomic mass is 9.73. The Hall–Kier alpha value is -1.71. The SMILES string of the molecule is C=C[C@H]1CN2CCC1C[C@H]2[C@@H](N)c1ccnc2ccccc12. The molecule has 2 aromatic rings. The molecule has 0 amide bonds. The zero-order valence-corrected chi connectivity index (χ0v) is 12.9. The van der Waals surface area contributed by atoms with E-state index < -0.39 is 0 Å².